The van der Waals surface area contributed by atoms with Gasteiger partial charge in [0, 0.05) is 19.0 Å². The molecule has 5 heteroatoms. The minimum atomic E-state index is -0.261. The Morgan fingerprint density at radius 3 is 2.16 bits per heavy atom. The fourth-order valence-corrected chi connectivity index (χ4v) is 3.09. The summed E-state index contributed by atoms with van der Waals surface area (Å²) < 4.78 is 0. The Morgan fingerprint density at radius 2 is 1.60 bits per heavy atom. The number of fused-ring (bicyclic) bond motifs is 1. The standard InChI is InChI=1S/C20H28N2O3/c1-14(2)8-6-9-15(3)21-18(23)12-7-13-22-19(24)16-10-4-5-11-17(16)20(22)25/h4-5,10-11,14-15H,6-9,12-13H2,1-3H3,(H,21,23). The maximum absolute atomic E-state index is 12.2. The predicted molar refractivity (Wildman–Crippen MR) is 97.3 cm³/mol. The van der Waals surface area contributed by atoms with Crippen LogP contribution in [-0.2, 0) is 4.79 Å². The Morgan fingerprint density at radius 1 is 1.00 bits per heavy atom. The van der Waals surface area contributed by atoms with Crippen LogP contribution in [0, 0.1) is 5.92 Å². The van der Waals surface area contributed by atoms with Crippen molar-refractivity contribution < 1.29 is 14.4 Å². The minimum absolute atomic E-state index is 0.0198. The quantitative estimate of drug-likeness (QED) is 0.698. The molecule has 0 radical (unpaired) electrons. The van der Waals surface area contributed by atoms with Crippen molar-refractivity contribution in [3.05, 3.63) is 35.4 Å². The van der Waals surface area contributed by atoms with E-state index in [-0.39, 0.29) is 30.3 Å². The predicted octanol–water partition coefficient (Wildman–Crippen LogP) is 3.39. The van der Waals surface area contributed by atoms with Crippen LogP contribution in [0.15, 0.2) is 24.3 Å². The summed E-state index contributed by atoms with van der Waals surface area (Å²) in [5.74, 6) is 0.141. The van der Waals surface area contributed by atoms with E-state index in [4.69, 9.17) is 0 Å². The number of hydrogen-bond donors (Lipinski definition) is 1. The van der Waals surface area contributed by atoms with E-state index >= 15 is 0 Å². The number of imide groups is 1. The molecule has 3 amide bonds. The third-order valence-electron chi connectivity index (χ3n) is 4.49. The molecule has 0 bridgehead atoms. The van der Waals surface area contributed by atoms with Gasteiger partial charge in [0.25, 0.3) is 11.8 Å². The maximum atomic E-state index is 12.2. The Labute approximate surface area is 149 Å². The van der Waals surface area contributed by atoms with Crippen molar-refractivity contribution in [2.75, 3.05) is 6.54 Å². The van der Waals surface area contributed by atoms with Crippen LogP contribution in [0.2, 0.25) is 0 Å². The molecular formula is C20H28N2O3. The average Bonchev–Trinajstić information content (AvgIpc) is 2.80. The van der Waals surface area contributed by atoms with Crippen LogP contribution in [0.4, 0.5) is 0 Å². The lowest BCUT2D eigenvalue weighted by molar-refractivity contribution is -0.121. The SMILES string of the molecule is CC(C)CCCC(C)NC(=O)CCCN1C(=O)c2ccccc2C1=O. The second kappa shape index (κ2) is 8.79. The molecule has 1 atom stereocenters. The lowest BCUT2D eigenvalue weighted by Gasteiger charge is -2.16. The van der Waals surface area contributed by atoms with Crippen LogP contribution in [0.25, 0.3) is 0 Å². The summed E-state index contributed by atoms with van der Waals surface area (Å²) in [6.07, 6.45) is 4.05. The second-order valence-corrected chi connectivity index (χ2v) is 7.20. The normalized spacial score (nSPS) is 14.8. The molecule has 1 unspecified atom stereocenters. The van der Waals surface area contributed by atoms with Gasteiger partial charge in [-0.2, -0.15) is 0 Å². The van der Waals surface area contributed by atoms with E-state index in [1.54, 1.807) is 24.3 Å². The molecular weight excluding hydrogens is 316 g/mol. The summed E-state index contributed by atoms with van der Waals surface area (Å²) in [7, 11) is 0. The summed E-state index contributed by atoms with van der Waals surface area (Å²) in [6, 6.07) is 7.00. The van der Waals surface area contributed by atoms with E-state index in [9.17, 15) is 14.4 Å². The lowest BCUT2D eigenvalue weighted by Crippen LogP contribution is -2.34. The molecule has 0 fully saturated rings. The van der Waals surface area contributed by atoms with Gasteiger partial charge in [0.15, 0.2) is 0 Å². The molecule has 1 aliphatic heterocycles. The number of carbonyl (C=O) groups is 3. The number of nitrogens with zero attached hydrogens (tertiary/aromatic N) is 1. The van der Waals surface area contributed by atoms with Gasteiger partial charge in [-0.3, -0.25) is 19.3 Å². The van der Waals surface area contributed by atoms with Crippen LogP contribution >= 0.6 is 0 Å². The Balaban J connectivity index is 1.71. The number of benzene rings is 1. The number of nitrogens with one attached hydrogen (secondary N) is 1. The summed E-state index contributed by atoms with van der Waals surface area (Å²) in [4.78, 5) is 37.7. The van der Waals surface area contributed by atoms with E-state index < -0.39 is 0 Å². The smallest absolute Gasteiger partial charge is 0.261 e. The minimum Gasteiger partial charge on any atom is -0.354 e. The third-order valence-corrected chi connectivity index (χ3v) is 4.49. The van der Waals surface area contributed by atoms with Crippen LogP contribution < -0.4 is 5.32 Å². The summed E-state index contributed by atoms with van der Waals surface area (Å²) in [5.41, 5.74) is 0.909. The molecule has 1 aliphatic rings. The van der Waals surface area contributed by atoms with Crippen molar-refractivity contribution >= 4 is 17.7 Å². The monoisotopic (exact) mass is 344 g/mol. The number of rotatable bonds is 9. The third kappa shape index (κ3) is 5.15. The highest BCUT2D eigenvalue weighted by molar-refractivity contribution is 6.21. The molecule has 136 valence electrons. The van der Waals surface area contributed by atoms with Crippen LogP contribution in [0.5, 0.6) is 0 Å². The van der Waals surface area contributed by atoms with Crippen LogP contribution in [0.3, 0.4) is 0 Å². The zero-order valence-electron chi connectivity index (χ0n) is 15.4. The molecule has 25 heavy (non-hydrogen) atoms. The Kier molecular flexibility index (Phi) is 6.73. The van der Waals surface area contributed by atoms with E-state index in [1.165, 1.54) is 11.3 Å². The molecule has 0 spiro atoms. The number of carbonyl (C=O) groups excluding carboxylic acids is 3. The van der Waals surface area contributed by atoms with Gasteiger partial charge in [-0.15, -0.1) is 0 Å². The highest BCUT2D eigenvalue weighted by Crippen LogP contribution is 2.22. The first kappa shape index (κ1) is 19.2. The van der Waals surface area contributed by atoms with E-state index in [1.807, 2.05) is 6.92 Å². The van der Waals surface area contributed by atoms with Gasteiger partial charge in [-0.1, -0.05) is 38.8 Å². The number of hydrogen-bond acceptors (Lipinski definition) is 3. The highest BCUT2D eigenvalue weighted by atomic mass is 16.2. The molecule has 5 nitrogen and oxygen atoms in total. The summed E-state index contributed by atoms with van der Waals surface area (Å²) in [6.45, 7) is 6.69. The molecule has 2 rings (SSSR count). The molecule has 1 heterocycles. The lowest BCUT2D eigenvalue weighted by atomic mass is 10.0. The molecule has 1 aromatic carbocycles. The second-order valence-electron chi connectivity index (χ2n) is 7.20. The van der Waals surface area contributed by atoms with Gasteiger partial charge in [-0.25, -0.2) is 0 Å². The van der Waals surface area contributed by atoms with Gasteiger partial charge >= 0.3 is 0 Å². The van der Waals surface area contributed by atoms with Crippen molar-refractivity contribution in [3.8, 4) is 0 Å². The summed E-state index contributed by atoms with van der Waals surface area (Å²) in [5, 5.41) is 2.99. The van der Waals surface area contributed by atoms with E-state index in [2.05, 4.69) is 19.2 Å². The van der Waals surface area contributed by atoms with Crippen molar-refractivity contribution in [1.29, 1.82) is 0 Å². The Bertz CT molecular complexity index is 605. The highest BCUT2D eigenvalue weighted by Gasteiger charge is 2.34. The van der Waals surface area contributed by atoms with Gasteiger partial charge < -0.3 is 5.32 Å². The van der Waals surface area contributed by atoms with Gasteiger partial charge in [0.2, 0.25) is 5.91 Å². The largest absolute Gasteiger partial charge is 0.354 e. The average molecular weight is 344 g/mol. The topological polar surface area (TPSA) is 66.5 Å². The van der Waals surface area contributed by atoms with Crippen molar-refractivity contribution in [1.82, 2.24) is 10.2 Å². The van der Waals surface area contributed by atoms with Gasteiger partial charge in [-0.05, 0) is 37.8 Å². The molecule has 0 saturated heterocycles. The first-order valence-electron chi connectivity index (χ1n) is 9.14. The Hall–Kier alpha value is -2.17. The van der Waals surface area contributed by atoms with E-state index in [0.717, 1.165) is 12.8 Å². The van der Waals surface area contributed by atoms with Crippen molar-refractivity contribution in [3.63, 3.8) is 0 Å². The van der Waals surface area contributed by atoms with Gasteiger partial charge in [0.1, 0.15) is 0 Å². The van der Waals surface area contributed by atoms with Crippen molar-refractivity contribution in [2.24, 2.45) is 5.92 Å². The first-order chi connectivity index (χ1) is 11.9. The number of amides is 3. The summed E-state index contributed by atoms with van der Waals surface area (Å²) >= 11 is 0. The molecule has 1 aromatic rings. The van der Waals surface area contributed by atoms with Crippen molar-refractivity contribution in [2.45, 2.75) is 58.9 Å². The maximum Gasteiger partial charge on any atom is 0.261 e. The zero-order chi connectivity index (χ0) is 18.4. The zero-order valence-corrected chi connectivity index (χ0v) is 15.4. The molecule has 0 saturated carbocycles. The van der Waals surface area contributed by atoms with E-state index in [0.29, 0.717) is 29.9 Å². The molecule has 0 aliphatic carbocycles. The molecule has 0 aromatic heterocycles. The van der Waals surface area contributed by atoms with Crippen LogP contribution in [-0.4, -0.2) is 35.2 Å². The fraction of sp³-hybridized carbons (Fsp3) is 0.550. The fourth-order valence-electron chi connectivity index (χ4n) is 3.09. The first-order valence-corrected chi connectivity index (χ1v) is 9.14. The van der Waals surface area contributed by atoms with Crippen LogP contribution in [0.1, 0.15) is 73.6 Å². The molecule has 1 N–H and O–H groups in total. The van der Waals surface area contributed by atoms with Gasteiger partial charge in [0.05, 0.1) is 11.1 Å².